The van der Waals surface area contributed by atoms with E-state index in [1.54, 1.807) is 52.1 Å². The molecule has 1 aliphatic rings. The molecule has 7 nitrogen and oxygen atoms in total. The van der Waals surface area contributed by atoms with Crippen LogP contribution in [0.4, 0.5) is 5.69 Å². The van der Waals surface area contributed by atoms with Gasteiger partial charge in [-0.25, -0.2) is 4.79 Å². The number of carbonyl (C=O) groups excluding carboxylic acids is 2. The molecule has 1 aliphatic heterocycles. The third-order valence-electron chi connectivity index (χ3n) is 3.55. The minimum atomic E-state index is -0.991. The van der Waals surface area contributed by atoms with Gasteiger partial charge in [0.1, 0.15) is 12.4 Å². The first-order valence-electron chi connectivity index (χ1n) is 7.78. The van der Waals surface area contributed by atoms with E-state index in [1.807, 2.05) is 0 Å². The van der Waals surface area contributed by atoms with Crippen molar-refractivity contribution in [3.05, 3.63) is 24.3 Å². The lowest BCUT2D eigenvalue weighted by Crippen LogP contribution is -2.56. The second-order valence-corrected chi connectivity index (χ2v) is 5.80. The molecular formula is C17H23NO6. The molecule has 1 fully saturated rings. The van der Waals surface area contributed by atoms with Gasteiger partial charge in [-0.1, -0.05) is 0 Å². The molecule has 0 saturated carbocycles. The Morgan fingerprint density at radius 3 is 2.62 bits per heavy atom. The highest BCUT2D eigenvalue weighted by Gasteiger charge is 2.43. The molecule has 0 unspecified atom stereocenters. The monoisotopic (exact) mass is 337 g/mol. The summed E-state index contributed by atoms with van der Waals surface area (Å²) in [5, 5.41) is 3.02. The zero-order valence-corrected chi connectivity index (χ0v) is 14.3. The number of Topliss-reactive ketones (excluding diaryl/α,β-unsaturated/α-hetero) is 1. The number of hydrogen-bond acceptors (Lipinski definition) is 7. The standard InChI is InChI=1S/C17H23NO6/c1-5-22-16(20)14(15-13(19)10-23-17(2,3)24-15)18-11-6-8-12(21-4)9-7-11/h6-9,14-15,18H,5,10H2,1-4H3/t14-,15-/m0/s1. The Morgan fingerprint density at radius 2 is 2.04 bits per heavy atom. The van der Waals surface area contributed by atoms with E-state index in [0.29, 0.717) is 11.4 Å². The number of esters is 1. The SMILES string of the molecule is CCOC(=O)[C@@H](Nc1ccc(OC)cc1)[C@H]1OC(C)(C)OCC1=O. The molecule has 0 aliphatic carbocycles. The minimum Gasteiger partial charge on any atom is -0.497 e. The Kier molecular flexibility index (Phi) is 5.80. The first-order chi connectivity index (χ1) is 11.4. The van der Waals surface area contributed by atoms with Crippen LogP contribution in [0.2, 0.25) is 0 Å². The quantitative estimate of drug-likeness (QED) is 0.792. The Hall–Kier alpha value is -2.12. The Morgan fingerprint density at radius 1 is 1.38 bits per heavy atom. The van der Waals surface area contributed by atoms with Crippen molar-refractivity contribution in [1.29, 1.82) is 0 Å². The van der Waals surface area contributed by atoms with Gasteiger partial charge in [0.2, 0.25) is 0 Å². The van der Waals surface area contributed by atoms with Crippen molar-refractivity contribution in [2.24, 2.45) is 0 Å². The number of nitrogens with one attached hydrogen (secondary N) is 1. The van der Waals surface area contributed by atoms with E-state index >= 15 is 0 Å². The van der Waals surface area contributed by atoms with E-state index in [-0.39, 0.29) is 19.0 Å². The number of anilines is 1. The normalized spacial score (nSPS) is 21.0. The lowest BCUT2D eigenvalue weighted by Gasteiger charge is -2.37. The third kappa shape index (κ3) is 4.46. The summed E-state index contributed by atoms with van der Waals surface area (Å²) in [5.74, 6) is -1.13. The van der Waals surface area contributed by atoms with Crippen LogP contribution in [0.1, 0.15) is 20.8 Å². The summed E-state index contributed by atoms with van der Waals surface area (Å²) in [6, 6.07) is 6.04. The largest absolute Gasteiger partial charge is 0.497 e. The first-order valence-corrected chi connectivity index (χ1v) is 7.78. The Labute approximate surface area is 141 Å². The Balaban J connectivity index is 2.23. The van der Waals surface area contributed by atoms with E-state index in [1.165, 1.54) is 0 Å². The van der Waals surface area contributed by atoms with Gasteiger partial charge >= 0.3 is 5.97 Å². The van der Waals surface area contributed by atoms with Crippen LogP contribution in [0.25, 0.3) is 0 Å². The van der Waals surface area contributed by atoms with Gasteiger partial charge in [0.05, 0.1) is 13.7 Å². The second-order valence-electron chi connectivity index (χ2n) is 5.80. The molecule has 2 rings (SSSR count). The summed E-state index contributed by atoms with van der Waals surface area (Å²) in [6.45, 7) is 5.20. The maximum Gasteiger partial charge on any atom is 0.331 e. The van der Waals surface area contributed by atoms with Gasteiger partial charge in [-0.2, -0.15) is 0 Å². The molecule has 1 N–H and O–H groups in total. The molecule has 1 aromatic rings. The smallest absolute Gasteiger partial charge is 0.331 e. The van der Waals surface area contributed by atoms with E-state index < -0.39 is 23.9 Å². The number of rotatable bonds is 6. The van der Waals surface area contributed by atoms with Gasteiger partial charge in [-0.15, -0.1) is 0 Å². The highest BCUT2D eigenvalue weighted by atomic mass is 16.7. The highest BCUT2D eigenvalue weighted by molar-refractivity contribution is 5.93. The number of ketones is 1. The molecular weight excluding hydrogens is 314 g/mol. The maximum atomic E-state index is 12.3. The molecule has 1 saturated heterocycles. The van der Waals surface area contributed by atoms with Crippen LogP contribution in [-0.2, 0) is 23.8 Å². The number of methoxy groups -OCH3 is 1. The predicted molar refractivity (Wildman–Crippen MR) is 86.9 cm³/mol. The van der Waals surface area contributed by atoms with E-state index in [4.69, 9.17) is 18.9 Å². The van der Waals surface area contributed by atoms with Crippen molar-refractivity contribution in [2.45, 2.75) is 38.7 Å². The van der Waals surface area contributed by atoms with Gasteiger partial charge in [0, 0.05) is 5.69 Å². The van der Waals surface area contributed by atoms with E-state index in [0.717, 1.165) is 0 Å². The van der Waals surface area contributed by atoms with Crippen LogP contribution < -0.4 is 10.1 Å². The lowest BCUT2D eigenvalue weighted by molar-refractivity contribution is -0.260. The summed E-state index contributed by atoms with van der Waals surface area (Å²) in [5.41, 5.74) is 0.648. The van der Waals surface area contributed by atoms with Crippen LogP contribution in [0, 0.1) is 0 Å². The van der Waals surface area contributed by atoms with Crippen molar-refractivity contribution >= 4 is 17.4 Å². The molecule has 0 spiro atoms. The number of ether oxygens (including phenoxy) is 4. The summed E-state index contributed by atoms with van der Waals surface area (Å²) in [6.07, 6.45) is -0.991. The molecule has 0 amide bonds. The van der Waals surface area contributed by atoms with Crippen LogP contribution in [-0.4, -0.2) is 50.0 Å². The van der Waals surface area contributed by atoms with Crippen LogP contribution in [0.3, 0.4) is 0 Å². The van der Waals surface area contributed by atoms with E-state index in [2.05, 4.69) is 5.32 Å². The summed E-state index contributed by atoms with van der Waals surface area (Å²) in [7, 11) is 1.57. The molecule has 132 valence electrons. The van der Waals surface area contributed by atoms with Crippen LogP contribution >= 0.6 is 0 Å². The molecule has 0 bridgehead atoms. The fourth-order valence-electron chi connectivity index (χ4n) is 2.34. The number of benzene rings is 1. The van der Waals surface area contributed by atoms with Crippen molar-refractivity contribution in [3.63, 3.8) is 0 Å². The van der Waals surface area contributed by atoms with Gasteiger partial charge in [0.15, 0.2) is 23.7 Å². The maximum absolute atomic E-state index is 12.3. The minimum absolute atomic E-state index is 0.113. The fourth-order valence-corrected chi connectivity index (χ4v) is 2.34. The average molecular weight is 337 g/mol. The van der Waals surface area contributed by atoms with Crippen LogP contribution in [0.5, 0.6) is 5.75 Å². The van der Waals surface area contributed by atoms with Gasteiger partial charge in [0.25, 0.3) is 0 Å². The molecule has 24 heavy (non-hydrogen) atoms. The zero-order valence-electron chi connectivity index (χ0n) is 14.3. The van der Waals surface area contributed by atoms with Crippen molar-refractivity contribution in [2.75, 3.05) is 25.6 Å². The van der Waals surface area contributed by atoms with E-state index in [9.17, 15) is 9.59 Å². The van der Waals surface area contributed by atoms with Gasteiger partial charge in [-0.3, -0.25) is 4.79 Å². The molecule has 0 radical (unpaired) electrons. The first kappa shape index (κ1) is 18.2. The van der Waals surface area contributed by atoms with Gasteiger partial charge < -0.3 is 24.3 Å². The topological polar surface area (TPSA) is 83.1 Å². The summed E-state index contributed by atoms with van der Waals surface area (Å²) < 4.78 is 21.2. The molecule has 1 heterocycles. The van der Waals surface area contributed by atoms with Crippen molar-refractivity contribution in [3.8, 4) is 5.75 Å². The lowest BCUT2D eigenvalue weighted by atomic mass is 10.0. The highest BCUT2D eigenvalue weighted by Crippen LogP contribution is 2.25. The predicted octanol–water partition coefficient (Wildman–Crippen LogP) is 1.76. The third-order valence-corrected chi connectivity index (χ3v) is 3.55. The molecule has 2 atom stereocenters. The van der Waals surface area contributed by atoms with Crippen molar-refractivity contribution in [1.82, 2.24) is 0 Å². The molecule has 1 aromatic carbocycles. The number of carbonyl (C=O) groups is 2. The van der Waals surface area contributed by atoms with Crippen molar-refractivity contribution < 1.29 is 28.5 Å². The number of hydrogen-bond donors (Lipinski definition) is 1. The average Bonchev–Trinajstić information content (AvgIpc) is 2.56. The van der Waals surface area contributed by atoms with Gasteiger partial charge in [-0.05, 0) is 45.0 Å². The second kappa shape index (κ2) is 7.63. The van der Waals surface area contributed by atoms with Crippen LogP contribution in [0.15, 0.2) is 24.3 Å². The Bertz CT molecular complexity index is 583. The zero-order chi connectivity index (χ0) is 17.7. The molecule has 0 aromatic heterocycles. The summed E-state index contributed by atoms with van der Waals surface area (Å²) in [4.78, 5) is 24.5. The molecule has 7 heteroatoms. The summed E-state index contributed by atoms with van der Waals surface area (Å²) >= 11 is 0. The fraction of sp³-hybridized carbons (Fsp3) is 0.529.